The summed E-state index contributed by atoms with van der Waals surface area (Å²) < 4.78 is 0. The molecular weight excluding hydrogens is 465 g/mol. The number of thioether (sulfide) groups is 1. The van der Waals surface area contributed by atoms with Crippen LogP contribution in [-0.2, 0) is 11.2 Å². The van der Waals surface area contributed by atoms with Gasteiger partial charge in [0.15, 0.2) is 0 Å². The van der Waals surface area contributed by atoms with Crippen LogP contribution in [0.1, 0.15) is 36.2 Å². The van der Waals surface area contributed by atoms with Crippen LogP contribution in [0.25, 0.3) is 10.9 Å². The first kappa shape index (κ1) is 22.7. The van der Waals surface area contributed by atoms with Gasteiger partial charge in [-0.05, 0) is 35.7 Å². The monoisotopic (exact) mass is 487 g/mol. The number of carbonyl (C=O) groups is 1. The molecule has 1 atom stereocenters. The van der Waals surface area contributed by atoms with Crippen LogP contribution in [0.2, 0.25) is 10.0 Å². The Kier molecular flexibility index (Phi) is 7.40. The molecule has 9 heteroatoms. The van der Waals surface area contributed by atoms with Crippen LogP contribution in [0.4, 0.5) is 0 Å². The summed E-state index contributed by atoms with van der Waals surface area (Å²) in [6.07, 6.45) is 3.81. The maximum absolute atomic E-state index is 12.6. The van der Waals surface area contributed by atoms with Gasteiger partial charge in [-0.25, -0.2) is 4.98 Å². The smallest absolute Gasteiger partial charge is 0.230 e. The first-order valence-electron chi connectivity index (χ1n) is 10.4. The molecule has 0 bridgehead atoms. The molecule has 0 radical (unpaired) electrons. The highest BCUT2D eigenvalue weighted by molar-refractivity contribution is 7.99. The van der Waals surface area contributed by atoms with Gasteiger partial charge in [0, 0.05) is 46.0 Å². The number of amides is 1. The molecule has 0 aliphatic heterocycles. The van der Waals surface area contributed by atoms with Crippen molar-refractivity contribution in [2.45, 2.75) is 30.8 Å². The average molecular weight is 488 g/mol. The van der Waals surface area contributed by atoms with Crippen LogP contribution in [0, 0.1) is 0 Å². The number of benzene rings is 2. The number of para-hydroxylation sites is 1. The normalized spacial score (nSPS) is 12.2. The minimum atomic E-state index is -0.135. The van der Waals surface area contributed by atoms with Crippen molar-refractivity contribution in [2.75, 3.05) is 12.3 Å². The van der Waals surface area contributed by atoms with Crippen LogP contribution < -0.4 is 5.32 Å². The Morgan fingerprint density at radius 2 is 2.03 bits per heavy atom. The molecule has 0 fully saturated rings. The molecule has 3 N–H and O–H groups in total. The Labute approximate surface area is 200 Å². The third kappa shape index (κ3) is 5.28. The minimum absolute atomic E-state index is 0.0910. The van der Waals surface area contributed by atoms with E-state index in [-0.39, 0.29) is 17.6 Å². The number of nitrogens with one attached hydrogen (secondary N) is 3. The number of hydrogen-bond donors (Lipinski definition) is 3. The maximum atomic E-state index is 12.6. The van der Waals surface area contributed by atoms with Crippen molar-refractivity contribution in [1.29, 1.82) is 0 Å². The SMILES string of the molecule is CCCc1nc(SCC(=O)NC[C@H](c2ccc(Cl)cc2Cl)c2c[nH]c3ccccc23)n[nH]1. The summed E-state index contributed by atoms with van der Waals surface area (Å²) in [5.74, 6) is 0.849. The van der Waals surface area contributed by atoms with E-state index in [0.29, 0.717) is 21.7 Å². The lowest BCUT2D eigenvalue weighted by Crippen LogP contribution is -2.30. The lowest BCUT2D eigenvalue weighted by atomic mass is 9.90. The van der Waals surface area contributed by atoms with Crippen molar-refractivity contribution < 1.29 is 4.79 Å². The third-order valence-corrected chi connectivity index (χ3v) is 6.58. The van der Waals surface area contributed by atoms with Gasteiger partial charge >= 0.3 is 0 Å². The van der Waals surface area contributed by atoms with Crippen molar-refractivity contribution >= 4 is 51.8 Å². The van der Waals surface area contributed by atoms with Gasteiger partial charge < -0.3 is 10.3 Å². The van der Waals surface area contributed by atoms with E-state index in [9.17, 15) is 4.79 Å². The summed E-state index contributed by atoms with van der Waals surface area (Å²) >= 11 is 14.0. The second kappa shape index (κ2) is 10.4. The molecule has 2 aromatic carbocycles. The molecule has 0 spiro atoms. The minimum Gasteiger partial charge on any atom is -0.361 e. The Bertz CT molecular complexity index is 1220. The van der Waals surface area contributed by atoms with Crippen LogP contribution in [0.5, 0.6) is 0 Å². The molecule has 4 rings (SSSR count). The fraction of sp³-hybridized carbons (Fsp3) is 0.261. The fourth-order valence-corrected chi connectivity index (χ4v) is 4.83. The lowest BCUT2D eigenvalue weighted by molar-refractivity contribution is -0.118. The zero-order valence-corrected chi connectivity index (χ0v) is 19.8. The predicted octanol–water partition coefficient (Wildman–Crippen LogP) is 5.59. The van der Waals surface area contributed by atoms with E-state index in [2.05, 4.69) is 38.5 Å². The van der Waals surface area contributed by atoms with Gasteiger partial charge in [-0.1, -0.05) is 66.2 Å². The summed E-state index contributed by atoms with van der Waals surface area (Å²) in [5.41, 5.74) is 3.01. The Morgan fingerprint density at radius 3 is 2.84 bits per heavy atom. The topological polar surface area (TPSA) is 86.5 Å². The number of nitrogens with zero attached hydrogens (tertiary/aromatic N) is 2. The number of aromatic amines is 2. The molecule has 0 aliphatic carbocycles. The van der Waals surface area contributed by atoms with Gasteiger partial charge in [-0.2, -0.15) is 0 Å². The predicted molar refractivity (Wildman–Crippen MR) is 131 cm³/mol. The molecule has 1 amide bonds. The van der Waals surface area contributed by atoms with Crippen molar-refractivity contribution in [2.24, 2.45) is 0 Å². The van der Waals surface area contributed by atoms with Gasteiger partial charge in [0.05, 0.1) is 5.75 Å². The quantitative estimate of drug-likeness (QED) is 0.268. The zero-order chi connectivity index (χ0) is 22.5. The third-order valence-electron chi connectivity index (χ3n) is 5.17. The van der Waals surface area contributed by atoms with Gasteiger partial charge in [0.1, 0.15) is 5.82 Å². The van der Waals surface area contributed by atoms with E-state index in [1.807, 2.05) is 36.5 Å². The summed E-state index contributed by atoms with van der Waals surface area (Å²) in [5, 5.41) is 12.9. The highest BCUT2D eigenvalue weighted by Gasteiger charge is 2.21. The molecular formula is C23H23Cl2N5OS. The molecule has 166 valence electrons. The number of halogens is 2. The Balaban J connectivity index is 1.49. The molecule has 6 nitrogen and oxygen atoms in total. The second-order valence-corrected chi connectivity index (χ2v) is 9.20. The number of H-pyrrole nitrogens is 2. The van der Waals surface area contributed by atoms with Gasteiger partial charge in [0.25, 0.3) is 0 Å². The van der Waals surface area contributed by atoms with Crippen molar-refractivity contribution in [3.63, 3.8) is 0 Å². The molecule has 0 saturated carbocycles. The first-order chi connectivity index (χ1) is 15.5. The lowest BCUT2D eigenvalue weighted by Gasteiger charge is -2.19. The van der Waals surface area contributed by atoms with E-state index in [1.54, 1.807) is 6.07 Å². The number of carbonyl (C=O) groups excluding carboxylic acids is 1. The summed E-state index contributed by atoms with van der Waals surface area (Å²) in [6, 6.07) is 13.5. The zero-order valence-electron chi connectivity index (χ0n) is 17.5. The number of aryl methyl sites for hydroxylation is 1. The summed E-state index contributed by atoms with van der Waals surface area (Å²) in [6.45, 7) is 2.48. The van der Waals surface area contributed by atoms with E-state index in [4.69, 9.17) is 23.2 Å². The van der Waals surface area contributed by atoms with E-state index in [0.717, 1.165) is 40.7 Å². The van der Waals surface area contributed by atoms with E-state index >= 15 is 0 Å². The maximum Gasteiger partial charge on any atom is 0.230 e. The largest absolute Gasteiger partial charge is 0.361 e. The molecule has 0 unspecified atom stereocenters. The highest BCUT2D eigenvalue weighted by atomic mass is 35.5. The second-order valence-electron chi connectivity index (χ2n) is 7.42. The standard InChI is InChI=1S/C23H23Cl2N5OS/c1-2-5-21-28-23(30-29-21)32-13-22(31)27-12-17(15-9-8-14(24)10-19(15)25)18-11-26-20-7-4-3-6-16(18)20/h3-4,6-11,17,26H,2,5,12-13H2,1H3,(H,27,31)(H,28,29,30)/t17-/m1/s1. The van der Waals surface area contributed by atoms with Crippen LogP contribution in [-0.4, -0.2) is 38.4 Å². The molecule has 0 aliphatic rings. The van der Waals surface area contributed by atoms with E-state index < -0.39 is 0 Å². The first-order valence-corrected chi connectivity index (χ1v) is 12.1. The van der Waals surface area contributed by atoms with Crippen molar-refractivity contribution in [3.05, 3.63) is 75.7 Å². The van der Waals surface area contributed by atoms with Gasteiger partial charge in [0.2, 0.25) is 11.1 Å². The summed E-state index contributed by atoms with van der Waals surface area (Å²) in [7, 11) is 0. The fourth-order valence-electron chi connectivity index (χ4n) is 3.64. The number of fused-ring (bicyclic) bond motifs is 1. The van der Waals surface area contributed by atoms with E-state index in [1.165, 1.54) is 11.8 Å². The summed E-state index contributed by atoms with van der Waals surface area (Å²) in [4.78, 5) is 20.3. The molecule has 2 heterocycles. The van der Waals surface area contributed by atoms with Gasteiger partial charge in [-0.3, -0.25) is 9.89 Å². The van der Waals surface area contributed by atoms with Crippen LogP contribution >= 0.6 is 35.0 Å². The van der Waals surface area contributed by atoms with Crippen molar-refractivity contribution in [3.8, 4) is 0 Å². The number of rotatable bonds is 9. The van der Waals surface area contributed by atoms with Gasteiger partial charge in [-0.15, -0.1) is 5.10 Å². The van der Waals surface area contributed by atoms with Crippen molar-refractivity contribution in [1.82, 2.24) is 25.5 Å². The Morgan fingerprint density at radius 1 is 1.19 bits per heavy atom. The Hall–Kier alpha value is -2.48. The highest BCUT2D eigenvalue weighted by Crippen LogP contribution is 2.35. The molecule has 32 heavy (non-hydrogen) atoms. The molecule has 0 saturated heterocycles. The molecule has 2 aromatic heterocycles. The number of hydrogen-bond acceptors (Lipinski definition) is 4. The van der Waals surface area contributed by atoms with Crippen LogP contribution in [0.15, 0.2) is 53.8 Å². The van der Waals surface area contributed by atoms with Crippen LogP contribution in [0.3, 0.4) is 0 Å². The number of aromatic nitrogens is 4. The average Bonchev–Trinajstić information content (AvgIpc) is 3.41. The molecule has 4 aromatic rings.